The number of benzene rings is 1. The minimum atomic E-state index is -0.699. The highest BCUT2D eigenvalue weighted by Crippen LogP contribution is 2.35. The molecular formula is C21H24FNO2. The van der Waals surface area contributed by atoms with Gasteiger partial charge in [0.25, 0.3) is 0 Å². The second kappa shape index (κ2) is 8.62. The van der Waals surface area contributed by atoms with Gasteiger partial charge >= 0.3 is 5.97 Å². The molecule has 0 unspecified atom stereocenters. The Balaban J connectivity index is 2.01. The van der Waals surface area contributed by atoms with Gasteiger partial charge in [0.05, 0.1) is 17.2 Å². The monoisotopic (exact) mass is 341 g/mol. The number of esters is 1. The van der Waals surface area contributed by atoms with Gasteiger partial charge in [-0.25, -0.2) is 9.18 Å². The smallest absolute Gasteiger partial charge is 0.343 e. The van der Waals surface area contributed by atoms with Gasteiger partial charge in [0, 0.05) is 6.08 Å². The summed E-state index contributed by atoms with van der Waals surface area (Å²) in [6.07, 6.45) is 5.93. The maximum atomic E-state index is 13.6. The Labute approximate surface area is 148 Å². The lowest BCUT2D eigenvalue weighted by molar-refractivity contribution is 0.0625. The first-order valence-corrected chi connectivity index (χ1v) is 8.67. The zero-order chi connectivity index (χ0) is 18.4. The largest absolute Gasteiger partial charge is 0.428 e. The normalized spacial score (nSPS) is 22.0. The maximum Gasteiger partial charge on any atom is 0.343 e. The Morgan fingerprint density at radius 3 is 2.36 bits per heavy atom. The molecule has 4 heteroatoms. The molecule has 25 heavy (non-hydrogen) atoms. The highest BCUT2D eigenvalue weighted by atomic mass is 19.1. The Morgan fingerprint density at radius 2 is 1.80 bits per heavy atom. The van der Waals surface area contributed by atoms with E-state index in [1.54, 1.807) is 18.2 Å². The number of nitriles is 1. The van der Waals surface area contributed by atoms with Crippen LogP contribution in [-0.4, -0.2) is 5.97 Å². The minimum absolute atomic E-state index is 0.0541. The summed E-state index contributed by atoms with van der Waals surface area (Å²) < 4.78 is 18.7. The van der Waals surface area contributed by atoms with Crippen LogP contribution in [0.15, 0.2) is 47.5 Å². The van der Waals surface area contributed by atoms with E-state index in [1.807, 2.05) is 12.1 Å². The second-order valence-corrected chi connectivity index (χ2v) is 6.81. The highest BCUT2D eigenvalue weighted by Gasteiger charge is 2.20. The van der Waals surface area contributed by atoms with Crippen LogP contribution in [-0.2, 0) is 4.74 Å². The predicted octanol–water partition coefficient (Wildman–Crippen LogP) is 5.81. The second-order valence-electron chi connectivity index (χ2n) is 6.81. The average Bonchev–Trinajstić information content (AvgIpc) is 2.61. The Hall–Kier alpha value is -2.41. The third kappa shape index (κ3) is 5.29. The van der Waals surface area contributed by atoms with Crippen LogP contribution in [0.5, 0.6) is 0 Å². The van der Waals surface area contributed by atoms with Gasteiger partial charge in [0.15, 0.2) is 0 Å². The van der Waals surface area contributed by atoms with Crippen molar-refractivity contribution in [2.45, 2.75) is 52.4 Å². The summed E-state index contributed by atoms with van der Waals surface area (Å²) in [4.78, 5) is 12.1. The fourth-order valence-corrected chi connectivity index (χ4v) is 3.06. The molecule has 0 aromatic heterocycles. The van der Waals surface area contributed by atoms with Crippen molar-refractivity contribution in [1.82, 2.24) is 0 Å². The van der Waals surface area contributed by atoms with Crippen molar-refractivity contribution < 1.29 is 13.9 Å². The van der Waals surface area contributed by atoms with Gasteiger partial charge in [-0.15, -0.1) is 0 Å². The summed E-state index contributed by atoms with van der Waals surface area (Å²) in [6, 6.07) is 9.20. The summed E-state index contributed by atoms with van der Waals surface area (Å²) in [5.41, 5.74) is 1.64. The van der Waals surface area contributed by atoms with Crippen LogP contribution >= 0.6 is 0 Å². The Bertz CT molecular complexity index is 717. The van der Waals surface area contributed by atoms with Crippen molar-refractivity contribution in [3.63, 3.8) is 0 Å². The van der Waals surface area contributed by atoms with Gasteiger partial charge < -0.3 is 4.74 Å². The van der Waals surface area contributed by atoms with Crippen LogP contribution in [0.2, 0.25) is 0 Å². The minimum Gasteiger partial charge on any atom is -0.428 e. The van der Waals surface area contributed by atoms with Crippen LogP contribution in [0, 0.1) is 17.2 Å². The van der Waals surface area contributed by atoms with Crippen LogP contribution in [0.4, 0.5) is 4.39 Å². The zero-order valence-electron chi connectivity index (χ0n) is 15.0. The van der Waals surface area contributed by atoms with Gasteiger partial charge in [-0.05, 0) is 56.2 Å². The standard InChI is InChI=1S/C21H24FNO2/c1-14-4-6-17(7-5-14)18-8-10-19(11-9-18)21(24)25-16(3)12-20(22)15(2)13-23/h8-12,14,17H,4-7H2,1-3H3/b16-12+,20-15-. The summed E-state index contributed by atoms with van der Waals surface area (Å²) in [6.45, 7) is 5.15. The third-order valence-corrected chi connectivity index (χ3v) is 4.74. The zero-order valence-corrected chi connectivity index (χ0v) is 15.0. The summed E-state index contributed by atoms with van der Waals surface area (Å²) in [5.74, 6) is 0.257. The van der Waals surface area contributed by atoms with Crippen molar-refractivity contribution in [3.05, 3.63) is 58.6 Å². The maximum absolute atomic E-state index is 13.6. The molecule has 0 heterocycles. The van der Waals surface area contributed by atoms with E-state index in [4.69, 9.17) is 10.00 Å². The SMILES string of the molecule is C/C(C#N)=C(F)\C=C(/C)OC(=O)c1ccc(C2CCC(C)CC2)cc1. The molecule has 2 rings (SSSR count). The van der Waals surface area contributed by atoms with Gasteiger partial charge in [-0.2, -0.15) is 5.26 Å². The van der Waals surface area contributed by atoms with E-state index in [1.165, 1.54) is 45.1 Å². The van der Waals surface area contributed by atoms with Crippen LogP contribution in [0.3, 0.4) is 0 Å². The number of nitrogens with zero attached hydrogens (tertiary/aromatic N) is 1. The summed E-state index contributed by atoms with van der Waals surface area (Å²) in [5, 5.41) is 8.64. The van der Waals surface area contributed by atoms with Crippen molar-refractivity contribution in [2.24, 2.45) is 5.92 Å². The highest BCUT2D eigenvalue weighted by molar-refractivity contribution is 5.90. The number of allylic oxidation sites excluding steroid dienone is 4. The van der Waals surface area contributed by atoms with E-state index in [2.05, 4.69) is 6.92 Å². The third-order valence-electron chi connectivity index (χ3n) is 4.74. The lowest BCUT2D eigenvalue weighted by atomic mass is 9.79. The lowest BCUT2D eigenvalue weighted by Gasteiger charge is -2.26. The van der Waals surface area contributed by atoms with E-state index in [-0.39, 0.29) is 11.3 Å². The van der Waals surface area contributed by atoms with Gasteiger partial charge in [0.2, 0.25) is 0 Å². The van der Waals surface area contributed by atoms with Gasteiger partial charge in [-0.3, -0.25) is 0 Å². The molecule has 1 aliphatic rings. The molecule has 0 saturated heterocycles. The molecule has 0 bridgehead atoms. The average molecular weight is 341 g/mol. The molecular weight excluding hydrogens is 317 g/mol. The number of carbonyl (C=O) groups excluding carboxylic acids is 1. The van der Waals surface area contributed by atoms with Crippen molar-refractivity contribution in [2.75, 3.05) is 0 Å². The quantitative estimate of drug-likeness (QED) is 0.300. The molecule has 3 nitrogen and oxygen atoms in total. The molecule has 132 valence electrons. The van der Waals surface area contributed by atoms with Gasteiger partial charge in [0.1, 0.15) is 11.6 Å². The fraction of sp³-hybridized carbons (Fsp3) is 0.429. The van der Waals surface area contributed by atoms with E-state index in [9.17, 15) is 9.18 Å². The lowest BCUT2D eigenvalue weighted by Crippen LogP contribution is -2.11. The van der Waals surface area contributed by atoms with Crippen molar-refractivity contribution in [3.8, 4) is 6.07 Å². The Morgan fingerprint density at radius 1 is 1.20 bits per heavy atom. The Kier molecular flexibility index (Phi) is 6.52. The van der Waals surface area contributed by atoms with Crippen LogP contribution in [0.25, 0.3) is 0 Å². The van der Waals surface area contributed by atoms with Crippen molar-refractivity contribution >= 4 is 5.97 Å². The molecule has 1 aromatic carbocycles. The molecule has 1 fully saturated rings. The predicted molar refractivity (Wildman–Crippen MR) is 95.4 cm³/mol. The first kappa shape index (κ1) is 18.9. The molecule has 1 saturated carbocycles. The number of hydrogen-bond donors (Lipinski definition) is 0. The first-order valence-electron chi connectivity index (χ1n) is 8.67. The molecule has 0 amide bonds. The molecule has 0 aliphatic heterocycles. The van der Waals surface area contributed by atoms with E-state index in [0.29, 0.717) is 11.5 Å². The molecule has 1 aliphatic carbocycles. The number of halogens is 1. The van der Waals surface area contributed by atoms with Gasteiger partial charge in [-0.1, -0.05) is 31.9 Å². The van der Waals surface area contributed by atoms with Crippen LogP contribution < -0.4 is 0 Å². The summed E-state index contributed by atoms with van der Waals surface area (Å²) in [7, 11) is 0. The molecule has 0 atom stereocenters. The van der Waals surface area contributed by atoms with Crippen LogP contribution in [0.1, 0.15) is 68.3 Å². The number of rotatable bonds is 4. The molecule has 0 radical (unpaired) electrons. The van der Waals surface area contributed by atoms with E-state index < -0.39 is 11.8 Å². The molecule has 0 spiro atoms. The fourth-order valence-electron chi connectivity index (χ4n) is 3.06. The van der Waals surface area contributed by atoms with E-state index in [0.717, 1.165) is 12.0 Å². The number of hydrogen-bond acceptors (Lipinski definition) is 3. The number of carbonyl (C=O) groups is 1. The van der Waals surface area contributed by atoms with E-state index >= 15 is 0 Å². The topological polar surface area (TPSA) is 50.1 Å². The number of ether oxygens (including phenoxy) is 1. The summed E-state index contributed by atoms with van der Waals surface area (Å²) >= 11 is 0. The first-order chi connectivity index (χ1) is 11.9. The molecule has 0 N–H and O–H groups in total. The van der Waals surface area contributed by atoms with Crippen molar-refractivity contribution in [1.29, 1.82) is 5.26 Å². The molecule has 1 aromatic rings.